The van der Waals surface area contributed by atoms with Crippen molar-refractivity contribution in [3.8, 4) is 23.0 Å². The van der Waals surface area contributed by atoms with E-state index in [4.69, 9.17) is 29.2 Å². The lowest BCUT2D eigenvalue weighted by Gasteiger charge is -2.23. The molecule has 0 fully saturated rings. The first-order valence-corrected chi connectivity index (χ1v) is 14.8. The Bertz CT molecular complexity index is 1530. The molecule has 46 heavy (non-hydrogen) atoms. The average molecular weight is 649 g/mol. The van der Waals surface area contributed by atoms with Crippen LogP contribution in [0.25, 0.3) is 0 Å². The molecule has 3 atom stereocenters. The highest BCUT2D eigenvalue weighted by Gasteiger charge is 2.39. The van der Waals surface area contributed by atoms with Crippen LogP contribution in [0.3, 0.4) is 0 Å². The van der Waals surface area contributed by atoms with Crippen molar-refractivity contribution in [1.29, 1.82) is 0 Å². The van der Waals surface area contributed by atoms with Crippen LogP contribution in [0, 0.1) is 23.5 Å². The average Bonchev–Trinajstić information content (AvgIpc) is 3.59. The van der Waals surface area contributed by atoms with Crippen molar-refractivity contribution in [2.75, 3.05) is 27.4 Å². The molecule has 0 aliphatic carbocycles. The number of nitrogens with zero attached hydrogens (tertiary/aromatic N) is 2. The number of fused-ring (bicyclic) bond motifs is 2. The van der Waals surface area contributed by atoms with E-state index in [0.29, 0.717) is 24.6 Å². The first-order chi connectivity index (χ1) is 21.8. The smallest absolute Gasteiger partial charge is 0.306 e. The number of hydrogen-bond donors (Lipinski definition) is 2. The summed E-state index contributed by atoms with van der Waals surface area (Å²) in [5, 5.41) is 18.3. The van der Waals surface area contributed by atoms with Crippen LogP contribution in [0.5, 0.6) is 23.0 Å². The summed E-state index contributed by atoms with van der Waals surface area (Å²) in [6.45, 7) is 4.84. The normalized spacial score (nSPS) is 16.4. The van der Waals surface area contributed by atoms with Crippen molar-refractivity contribution < 1.29 is 57.1 Å². The molecule has 0 radical (unpaired) electrons. The predicted molar refractivity (Wildman–Crippen MR) is 158 cm³/mol. The molecule has 2 aliphatic rings. The van der Waals surface area contributed by atoms with Gasteiger partial charge in [0, 0.05) is 50.0 Å². The first kappa shape index (κ1) is 34.3. The van der Waals surface area contributed by atoms with Crippen molar-refractivity contribution in [3.05, 3.63) is 46.0 Å². The van der Waals surface area contributed by atoms with Gasteiger partial charge in [0.2, 0.25) is 17.6 Å². The molecule has 1 unspecified atom stereocenters. The monoisotopic (exact) mass is 648 g/mol. The highest BCUT2D eigenvalue weighted by molar-refractivity contribution is 5.83. The minimum atomic E-state index is -1.14. The van der Waals surface area contributed by atoms with Gasteiger partial charge >= 0.3 is 11.9 Å². The molecule has 2 amide bonds. The largest absolute Gasteiger partial charge is 0.493 e. The first-order valence-electron chi connectivity index (χ1n) is 14.8. The molecule has 4 rings (SSSR count). The summed E-state index contributed by atoms with van der Waals surface area (Å²) < 4.78 is 53.4. The number of methoxy groups -OCH3 is 2. The Labute approximate surface area is 264 Å². The van der Waals surface area contributed by atoms with Gasteiger partial charge in [0.15, 0.2) is 28.9 Å². The van der Waals surface area contributed by atoms with E-state index >= 15 is 8.78 Å². The number of ether oxygens (including phenoxy) is 4. The van der Waals surface area contributed by atoms with Crippen molar-refractivity contribution in [1.82, 2.24) is 9.80 Å². The summed E-state index contributed by atoms with van der Waals surface area (Å²) in [6, 6.07) is 2.67. The zero-order valence-corrected chi connectivity index (χ0v) is 26.4. The van der Waals surface area contributed by atoms with Crippen LogP contribution in [0.1, 0.15) is 68.3 Å². The van der Waals surface area contributed by atoms with Crippen LogP contribution in [0.2, 0.25) is 0 Å². The van der Waals surface area contributed by atoms with Crippen LogP contribution < -0.4 is 18.9 Å². The van der Waals surface area contributed by atoms with E-state index in [2.05, 4.69) is 0 Å². The molecule has 2 heterocycles. The molecule has 250 valence electrons. The zero-order chi connectivity index (χ0) is 33.9. The Balaban J connectivity index is 1.39. The molecule has 0 spiro atoms. The van der Waals surface area contributed by atoms with Gasteiger partial charge in [-0.25, -0.2) is 8.78 Å². The number of halogens is 2. The fourth-order valence-electron chi connectivity index (χ4n) is 5.59. The topological polar surface area (TPSA) is 152 Å². The highest BCUT2D eigenvalue weighted by Crippen LogP contribution is 2.46. The maximum absolute atomic E-state index is 15.8. The van der Waals surface area contributed by atoms with Crippen molar-refractivity contribution in [2.45, 2.75) is 65.7 Å². The number of carbonyl (C=O) groups is 4. The van der Waals surface area contributed by atoms with E-state index < -0.39 is 58.9 Å². The Kier molecular flexibility index (Phi) is 10.6. The molecule has 2 N–H and O–H groups in total. The van der Waals surface area contributed by atoms with Gasteiger partial charge in [0.1, 0.15) is 0 Å². The summed E-state index contributed by atoms with van der Waals surface area (Å²) in [6.07, 6.45) is -0.161. The highest BCUT2D eigenvalue weighted by atomic mass is 19.1. The molecule has 0 bridgehead atoms. The summed E-state index contributed by atoms with van der Waals surface area (Å²) in [7, 11) is 2.65. The number of carboxylic acid groups (broad SMARTS) is 2. The number of aliphatic carboxylic acids is 2. The minimum Gasteiger partial charge on any atom is -0.493 e. The van der Waals surface area contributed by atoms with E-state index in [-0.39, 0.29) is 56.1 Å². The number of carboxylic acids is 2. The fourth-order valence-corrected chi connectivity index (χ4v) is 5.59. The van der Waals surface area contributed by atoms with Crippen molar-refractivity contribution >= 4 is 23.8 Å². The molecule has 2 aromatic carbocycles. The van der Waals surface area contributed by atoms with Crippen LogP contribution in [0.15, 0.2) is 12.1 Å². The third-order valence-electron chi connectivity index (χ3n) is 8.33. The molecule has 14 heteroatoms. The molecule has 0 aromatic heterocycles. The standard InChI is InChI=1S/C32H38F2N2O10/c1-16(31(39)40)9-24(37)35-13-19-11-22(43-4)23(12-20(19)14-35)45-7-6-8-46-30-28(34)26-18(3)36(25(38)10-17(2)32(41)42)15-21(26)27(33)29(30)44-5/h11-12,16-18H,6-10,13-15H2,1-5H3,(H,39,40)(H,41,42)/t16-,17-,18?/m0/s1. The Morgan fingerprint density at radius 3 is 1.96 bits per heavy atom. The van der Waals surface area contributed by atoms with Gasteiger partial charge in [-0.3, -0.25) is 19.2 Å². The summed E-state index contributed by atoms with van der Waals surface area (Å²) in [5.74, 6) is -6.47. The lowest BCUT2D eigenvalue weighted by Crippen LogP contribution is -2.31. The van der Waals surface area contributed by atoms with Crippen LogP contribution >= 0.6 is 0 Å². The fraction of sp³-hybridized carbons (Fsp3) is 0.500. The zero-order valence-electron chi connectivity index (χ0n) is 26.4. The summed E-state index contributed by atoms with van der Waals surface area (Å²) in [5.41, 5.74) is 1.60. The second kappa shape index (κ2) is 14.2. The maximum Gasteiger partial charge on any atom is 0.306 e. The number of rotatable bonds is 14. The molecular weight excluding hydrogens is 610 g/mol. The van der Waals surface area contributed by atoms with Crippen molar-refractivity contribution in [2.24, 2.45) is 11.8 Å². The number of hydrogen-bond acceptors (Lipinski definition) is 8. The van der Waals surface area contributed by atoms with E-state index in [1.807, 2.05) is 0 Å². The van der Waals surface area contributed by atoms with Gasteiger partial charge in [-0.2, -0.15) is 0 Å². The SMILES string of the molecule is COc1cc2c(cc1OCCCOc1c(F)c3c(c(F)c1OC)CN(C(=O)C[C@H](C)C(=O)O)C3C)CN(C(=O)C[C@H](C)C(=O)O)C2. The molecule has 0 saturated carbocycles. The lowest BCUT2D eigenvalue weighted by atomic mass is 10.0. The van der Waals surface area contributed by atoms with E-state index in [9.17, 15) is 19.2 Å². The second-order valence-electron chi connectivity index (χ2n) is 11.5. The quantitative estimate of drug-likeness (QED) is 0.284. The Morgan fingerprint density at radius 1 is 0.826 bits per heavy atom. The van der Waals surface area contributed by atoms with Crippen LogP contribution in [0.4, 0.5) is 8.78 Å². The van der Waals surface area contributed by atoms with Gasteiger partial charge in [-0.05, 0) is 30.2 Å². The third kappa shape index (κ3) is 6.95. The Hall–Kier alpha value is -4.62. The summed E-state index contributed by atoms with van der Waals surface area (Å²) >= 11 is 0. The predicted octanol–water partition coefficient (Wildman–Crippen LogP) is 4.30. The Morgan fingerprint density at radius 2 is 1.39 bits per heavy atom. The lowest BCUT2D eigenvalue weighted by molar-refractivity contribution is -0.146. The van der Waals surface area contributed by atoms with E-state index in [1.165, 1.54) is 39.9 Å². The van der Waals surface area contributed by atoms with Gasteiger partial charge in [0.25, 0.3) is 0 Å². The van der Waals surface area contributed by atoms with E-state index in [1.54, 1.807) is 17.0 Å². The van der Waals surface area contributed by atoms with Gasteiger partial charge < -0.3 is 39.0 Å². The third-order valence-corrected chi connectivity index (χ3v) is 8.33. The van der Waals surface area contributed by atoms with Crippen molar-refractivity contribution in [3.63, 3.8) is 0 Å². The summed E-state index contributed by atoms with van der Waals surface area (Å²) in [4.78, 5) is 50.5. The maximum atomic E-state index is 15.8. The molecule has 0 saturated heterocycles. The van der Waals surface area contributed by atoms with E-state index in [0.717, 1.165) is 11.1 Å². The molecule has 2 aromatic rings. The number of carbonyl (C=O) groups excluding carboxylic acids is 2. The number of amides is 2. The van der Waals surface area contributed by atoms with Crippen LogP contribution in [-0.2, 0) is 38.8 Å². The van der Waals surface area contributed by atoms with Gasteiger partial charge in [-0.15, -0.1) is 0 Å². The number of benzene rings is 2. The molecule has 12 nitrogen and oxygen atoms in total. The van der Waals surface area contributed by atoms with Crippen LogP contribution in [-0.4, -0.2) is 71.2 Å². The molecule has 2 aliphatic heterocycles. The van der Waals surface area contributed by atoms with Gasteiger partial charge in [-0.1, -0.05) is 13.8 Å². The molecular formula is C32H38F2N2O10. The second-order valence-corrected chi connectivity index (χ2v) is 11.5. The van der Waals surface area contributed by atoms with Gasteiger partial charge in [0.05, 0.1) is 45.3 Å². The minimum absolute atomic E-state index is 0.0470.